The van der Waals surface area contributed by atoms with Gasteiger partial charge in [0, 0.05) is 32.6 Å². The summed E-state index contributed by atoms with van der Waals surface area (Å²) in [5.74, 6) is 0.301. The van der Waals surface area contributed by atoms with E-state index in [0.29, 0.717) is 18.9 Å². The van der Waals surface area contributed by atoms with Gasteiger partial charge in [-0.3, -0.25) is 4.79 Å². The summed E-state index contributed by atoms with van der Waals surface area (Å²) in [6.07, 6.45) is 6.70. The summed E-state index contributed by atoms with van der Waals surface area (Å²) in [5, 5.41) is 0. The number of hydrogen-bond acceptors (Lipinski definition) is 3. The van der Waals surface area contributed by atoms with E-state index in [0.717, 1.165) is 26.1 Å². The summed E-state index contributed by atoms with van der Waals surface area (Å²) in [6.45, 7) is 5.51. The standard InChI is InChI=1S/C14H29N3O/c1-3-4-5-6-7-8-14(18)17-10-9-16(2)12-13(17)11-15/h13H,3-12,15H2,1-2H3. The van der Waals surface area contributed by atoms with Gasteiger partial charge in [-0.05, 0) is 13.5 Å². The molecule has 0 bridgehead atoms. The van der Waals surface area contributed by atoms with Gasteiger partial charge in [0.15, 0.2) is 0 Å². The largest absolute Gasteiger partial charge is 0.336 e. The molecule has 4 nitrogen and oxygen atoms in total. The molecule has 0 aromatic carbocycles. The van der Waals surface area contributed by atoms with E-state index in [1.54, 1.807) is 0 Å². The van der Waals surface area contributed by atoms with Gasteiger partial charge >= 0.3 is 0 Å². The van der Waals surface area contributed by atoms with Gasteiger partial charge in [-0.2, -0.15) is 0 Å². The maximum atomic E-state index is 12.2. The first-order valence-corrected chi connectivity index (χ1v) is 7.37. The fourth-order valence-electron chi connectivity index (χ4n) is 2.56. The van der Waals surface area contributed by atoms with Crippen molar-refractivity contribution in [3.63, 3.8) is 0 Å². The predicted octanol–water partition coefficient (Wildman–Crippen LogP) is 1.45. The summed E-state index contributed by atoms with van der Waals surface area (Å²) >= 11 is 0. The quantitative estimate of drug-likeness (QED) is 0.701. The van der Waals surface area contributed by atoms with Crippen LogP contribution in [-0.4, -0.2) is 55.0 Å². The van der Waals surface area contributed by atoms with Gasteiger partial charge in [-0.1, -0.05) is 32.6 Å². The molecule has 1 heterocycles. The molecule has 1 fully saturated rings. The van der Waals surface area contributed by atoms with Gasteiger partial charge in [0.1, 0.15) is 0 Å². The third-order valence-corrected chi connectivity index (χ3v) is 3.77. The Bertz CT molecular complexity index is 245. The van der Waals surface area contributed by atoms with Crippen molar-refractivity contribution < 1.29 is 4.79 Å². The Morgan fingerprint density at radius 3 is 2.61 bits per heavy atom. The van der Waals surface area contributed by atoms with Crippen molar-refractivity contribution in [2.45, 2.75) is 51.5 Å². The molecule has 2 N–H and O–H groups in total. The highest BCUT2D eigenvalue weighted by Crippen LogP contribution is 2.12. The Labute approximate surface area is 111 Å². The number of likely N-dealkylation sites (N-methyl/N-ethyl adjacent to an activating group) is 1. The minimum atomic E-state index is 0.215. The summed E-state index contributed by atoms with van der Waals surface area (Å²) in [6, 6.07) is 0.215. The van der Waals surface area contributed by atoms with Gasteiger partial charge in [-0.15, -0.1) is 0 Å². The van der Waals surface area contributed by atoms with Crippen molar-refractivity contribution in [2.24, 2.45) is 5.73 Å². The fourth-order valence-corrected chi connectivity index (χ4v) is 2.56. The normalized spacial score (nSPS) is 21.3. The lowest BCUT2D eigenvalue weighted by Crippen LogP contribution is -2.56. The second-order valence-corrected chi connectivity index (χ2v) is 5.40. The van der Waals surface area contributed by atoms with Gasteiger partial charge < -0.3 is 15.5 Å². The van der Waals surface area contributed by atoms with Crippen LogP contribution in [0.1, 0.15) is 45.4 Å². The van der Waals surface area contributed by atoms with E-state index < -0.39 is 0 Å². The Morgan fingerprint density at radius 1 is 1.22 bits per heavy atom. The van der Waals surface area contributed by atoms with Crippen molar-refractivity contribution in [2.75, 3.05) is 33.2 Å². The molecule has 0 aromatic rings. The molecule has 0 spiro atoms. The number of nitrogens with zero attached hydrogens (tertiary/aromatic N) is 2. The molecule has 0 aliphatic carbocycles. The first-order valence-electron chi connectivity index (χ1n) is 7.37. The zero-order chi connectivity index (χ0) is 13.4. The lowest BCUT2D eigenvalue weighted by Gasteiger charge is -2.39. The van der Waals surface area contributed by atoms with Crippen LogP contribution in [0.2, 0.25) is 0 Å². The lowest BCUT2D eigenvalue weighted by molar-refractivity contribution is -0.135. The van der Waals surface area contributed by atoms with Crippen LogP contribution in [0.5, 0.6) is 0 Å². The van der Waals surface area contributed by atoms with Gasteiger partial charge in [0.05, 0.1) is 6.04 Å². The zero-order valence-corrected chi connectivity index (χ0v) is 12.0. The smallest absolute Gasteiger partial charge is 0.222 e. The average Bonchev–Trinajstić information content (AvgIpc) is 2.38. The van der Waals surface area contributed by atoms with Crippen LogP contribution in [0.4, 0.5) is 0 Å². The molecule has 1 amide bonds. The van der Waals surface area contributed by atoms with Gasteiger partial charge in [-0.25, -0.2) is 0 Å². The fraction of sp³-hybridized carbons (Fsp3) is 0.929. The van der Waals surface area contributed by atoms with Crippen LogP contribution >= 0.6 is 0 Å². The second-order valence-electron chi connectivity index (χ2n) is 5.40. The molecule has 1 rings (SSSR count). The predicted molar refractivity (Wildman–Crippen MR) is 75.4 cm³/mol. The third kappa shape index (κ3) is 4.94. The van der Waals surface area contributed by atoms with Crippen LogP contribution in [0, 0.1) is 0 Å². The Balaban J connectivity index is 2.27. The molecule has 0 saturated carbocycles. The maximum absolute atomic E-state index is 12.2. The van der Waals surface area contributed by atoms with E-state index in [1.165, 1.54) is 25.7 Å². The lowest BCUT2D eigenvalue weighted by atomic mass is 10.1. The molecule has 1 atom stereocenters. The SMILES string of the molecule is CCCCCCCC(=O)N1CCN(C)CC1CN. The third-order valence-electron chi connectivity index (χ3n) is 3.77. The first-order chi connectivity index (χ1) is 8.69. The Hall–Kier alpha value is -0.610. The number of carbonyl (C=O) groups is 1. The molecule has 18 heavy (non-hydrogen) atoms. The molecule has 1 aliphatic rings. The number of unbranched alkanes of at least 4 members (excludes halogenated alkanes) is 4. The summed E-state index contributed by atoms with van der Waals surface area (Å²) in [7, 11) is 2.09. The van der Waals surface area contributed by atoms with E-state index in [1.807, 2.05) is 4.90 Å². The molecular weight excluding hydrogens is 226 g/mol. The maximum Gasteiger partial charge on any atom is 0.222 e. The monoisotopic (exact) mass is 255 g/mol. The molecule has 1 unspecified atom stereocenters. The van der Waals surface area contributed by atoms with Crippen molar-refractivity contribution in [3.05, 3.63) is 0 Å². The van der Waals surface area contributed by atoms with Crippen molar-refractivity contribution in [1.29, 1.82) is 0 Å². The molecule has 0 aromatic heterocycles. The molecular formula is C14H29N3O. The molecule has 0 radical (unpaired) electrons. The number of nitrogens with two attached hydrogens (primary N) is 1. The van der Waals surface area contributed by atoms with Gasteiger partial charge in [0.25, 0.3) is 0 Å². The van der Waals surface area contributed by atoms with Crippen LogP contribution < -0.4 is 5.73 Å². The number of rotatable bonds is 7. The Kier molecular flexibility index (Phi) is 7.28. The topological polar surface area (TPSA) is 49.6 Å². The number of carbonyl (C=O) groups excluding carboxylic acids is 1. The van der Waals surface area contributed by atoms with Crippen molar-refractivity contribution in [3.8, 4) is 0 Å². The highest BCUT2D eigenvalue weighted by Gasteiger charge is 2.27. The number of piperazine rings is 1. The van der Waals surface area contributed by atoms with Gasteiger partial charge in [0.2, 0.25) is 5.91 Å². The summed E-state index contributed by atoms with van der Waals surface area (Å²) in [4.78, 5) is 16.4. The molecule has 1 saturated heterocycles. The number of hydrogen-bond donors (Lipinski definition) is 1. The van der Waals surface area contributed by atoms with E-state index in [2.05, 4.69) is 18.9 Å². The van der Waals surface area contributed by atoms with Crippen molar-refractivity contribution in [1.82, 2.24) is 9.80 Å². The molecule has 106 valence electrons. The molecule has 4 heteroatoms. The van der Waals surface area contributed by atoms with E-state index in [4.69, 9.17) is 5.73 Å². The van der Waals surface area contributed by atoms with Crippen LogP contribution in [0.15, 0.2) is 0 Å². The van der Waals surface area contributed by atoms with Crippen molar-refractivity contribution >= 4 is 5.91 Å². The van der Waals surface area contributed by atoms with Crippen LogP contribution in [0.25, 0.3) is 0 Å². The minimum absolute atomic E-state index is 0.215. The first kappa shape index (κ1) is 15.4. The minimum Gasteiger partial charge on any atom is -0.336 e. The highest BCUT2D eigenvalue weighted by atomic mass is 16.2. The average molecular weight is 255 g/mol. The number of amides is 1. The zero-order valence-electron chi connectivity index (χ0n) is 12.0. The van der Waals surface area contributed by atoms with Crippen LogP contribution in [-0.2, 0) is 4.79 Å². The summed E-state index contributed by atoms with van der Waals surface area (Å²) < 4.78 is 0. The Morgan fingerprint density at radius 2 is 1.94 bits per heavy atom. The van der Waals surface area contributed by atoms with E-state index in [-0.39, 0.29) is 6.04 Å². The van der Waals surface area contributed by atoms with Crippen LogP contribution in [0.3, 0.4) is 0 Å². The van der Waals surface area contributed by atoms with E-state index in [9.17, 15) is 4.79 Å². The molecule has 1 aliphatic heterocycles. The second kappa shape index (κ2) is 8.48. The summed E-state index contributed by atoms with van der Waals surface area (Å²) in [5.41, 5.74) is 5.77. The highest BCUT2D eigenvalue weighted by molar-refractivity contribution is 5.76. The van der Waals surface area contributed by atoms with E-state index >= 15 is 0 Å².